The van der Waals surface area contributed by atoms with Crippen molar-refractivity contribution in [3.8, 4) is 0 Å². The van der Waals surface area contributed by atoms with Crippen molar-refractivity contribution in [2.75, 3.05) is 0 Å². The molecule has 0 aliphatic carbocycles. The van der Waals surface area contributed by atoms with E-state index in [-0.39, 0.29) is 11.9 Å². The molecule has 114 valence electrons. The van der Waals surface area contributed by atoms with Crippen LogP contribution in [0.2, 0.25) is 0 Å². The number of para-hydroxylation sites is 2. The van der Waals surface area contributed by atoms with E-state index in [2.05, 4.69) is 29.8 Å². The molecule has 1 atom stereocenters. The minimum Gasteiger partial charge on any atom is -0.346 e. The van der Waals surface area contributed by atoms with Gasteiger partial charge in [-0.15, -0.1) is 0 Å². The molecular formula is C17H25N3O. The fraction of sp³-hybridized carbons (Fsp3) is 0.529. The number of aromatic nitrogens is 2. The van der Waals surface area contributed by atoms with Crippen LogP contribution in [0.3, 0.4) is 0 Å². The summed E-state index contributed by atoms with van der Waals surface area (Å²) in [6, 6.07) is 8.19. The Bertz CT molecular complexity index is 603. The highest BCUT2D eigenvalue weighted by atomic mass is 16.1. The number of imidazole rings is 1. The van der Waals surface area contributed by atoms with E-state index in [1.807, 2.05) is 18.2 Å². The molecule has 0 bridgehead atoms. The Hall–Kier alpha value is -1.84. The van der Waals surface area contributed by atoms with E-state index in [0.717, 1.165) is 49.1 Å². The van der Waals surface area contributed by atoms with Gasteiger partial charge >= 0.3 is 0 Å². The molecule has 0 fully saturated rings. The van der Waals surface area contributed by atoms with Crippen molar-refractivity contribution in [1.82, 2.24) is 14.9 Å². The molecule has 2 aromatic rings. The largest absolute Gasteiger partial charge is 0.346 e. The van der Waals surface area contributed by atoms with Gasteiger partial charge in [0.1, 0.15) is 5.82 Å². The van der Waals surface area contributed by atoms with Crippen LogP contribution < -0.4 is 5.32 Å². The quantitative estimate of drug-likeness (QED) is 0.841. The normalized spacial score (nSPS) is 12.5. The molecule has 0 saturated carbocycles. The van der Waals surface area contributed by atoms with Gasteiger partial charge in [0.05, 0.1) is 17.1 Å². The lowest BCUT2D eigenvalue weighted by Gasteiger charge is -2.19. The summed E-state index contributed by atoms with van der Waals surface area (Å²) in [6.07, 6.45) is 4.18. The summed E-state index contributed by atoms with van der Waals surface area (Å²) in [7, 11) is 0. The molecule has 1 amide bonds. The molecule has 0 unspecified atom stereocenters. The van der Waals surface area contributed by atoms with Crippen LogP contribution in [0.25, 0.3) is 11.0 Å². The number of rotatable bonds is 7. The maximum absolute atomic E-state index is 11.5. The van der Waals surface area contributed by atoms with E-state index in [1.54, 1.807) is 6.92 Å². The summed E-state index contributed by atoms with van der Waals surface area (Å²) in [5, 5.41) is 3.07. The second-order valence-electron chi connectivity index (χ2n) is 5.51. The topological polar surface area (TPSA) is 46.9 Å². The van der Waals surface area contributed by atoms with Crippen molar-refractivity contribution < 1.29 is 4.79 Å². The molecule has 21 heavy (non-hydrogen) atoms. The molecule has 1 N–H and O–H groups in total. The third kappa shape index (κ3) is 3.63. The second kappa shape index (κ2) is 7.25. The van der Waals surface area contributed by atoms with E-state index in [9.17, 15) is 4.79 Å². The zero-order chi connectivity index (χ0) is 15.2. The van der Waals surface area contributed by atoms with Crippen LogP contribution >= 0.6 is 0 Å². The fourth-order valence-corrected chi connectivity index (χ4v) is 2.74. The molecule has 1 aromatic carbocycles. The Morgan fingerprint density at radius 2 is 2.05 bits per heavy atom. The number of nitrogens with zero attached hydrogens (tertiary/aromatic N) is 2. The van der Waals surface area contributed by atoms with Crippen LogP contribution in [-0.2, 0) is 11.3 Å². The monoisotopic (exact) mass is 287 g/mol. The number of hydrogen-bond donors (Lipinski definition) is 1. The van der Waals surface area contributed by atoms with Gasteiger partial charge in [-0.1, -0.05) is 38.8 Å². The summed E-state index contributed by atoms with van der Waals surface area (Å²) in [4.78, 5) is 16.3. The van der Waals surface area contributed by atoms with Crippen LogP contribution in [0.4, 0.5) is 0 Å². The van der Waals surface area contributed by atoms with Gasteiger partial charge in [0.25, 0.3) is 0 Å². The van der Waals surface area contributed by atoms with Gasteiger partial charge in [-0.05, 0) is 25.0 Å². The van der Waals surface area contributed by atoms with Gasteiger partial charge in [0.2, 0.25) is 5.91 Å². The second-order valence-corrected chi connectivity index (χ2v) is 5.51. The zero-order valence-electron chi connectivity index (χ0n) is 13.2. The van der Waals surface area contributed by atoms with Crippen LogP contribution in [0.5, 0.6) is 0 Å². The summed E-state index contributed by atoms with van der Waals surface area (Å²) in [6.45, 7) is 6.83. The average molecular weight is 287 g/mol. The number of amides is 1. The van der Waals surface area contributed by atoms with Crippen LogP contribution in [0.1, 0.15) is 58.3 Å². The summed E-state index contributed by atoms with van der Waals surface area (Å²) in [5.41, 5.74) is 2.16. The van der Waals surface area contributed by atoms with E-state index >= 15 is 0 Å². The van der Waals surface area contributed by atoms with E-state index in [1.165, 1.54) is 0 Å². The Morgan fingerprint density at radius 3 is 2.71 bits per heavy atom. The predicted molar refractivity (Wildman–Crippen MR) is 86.1 cm³/mol. The van der Waals surface area contributed by atoms with Crippen molar-refractivity contribution in [3.05, 3.63) is 30.1 Å². The highest BCUT2D eigenvalue weighted by Crippen LogP contribution is 2.24. The molecule has 0 spiro atoms. The van der Waals surface area contributed by atoms with E-state index < -0.39 is 0 Å². The molecule has 0 aliphatic heterocycles. The Labute approximate surface area is 126 Å². The standard InChI is InChI=1S/C17H25N3O/c1-4-6-9-15(18-13(3)21)17-19-14-10-7-8-11-16(14)20(17)12-5-2/h7-8,10-11,15H,4-6,9,12H2,1-3H3,(H,18,21)/t15-/m0/s1. The molecule has 0 aliphatic rings. The number of aryl methyl sites for hydroxylation is 1. The Kier molecular flexibility index (Phi) is 5.37. The number of nitrogens with one attached hydrogen (secondary N) is 1. The SMILES string of the molecule is CCCC[C@H](NC(C)=O)c1nc2ccccc2n1CCC. The minimum atomic E-state index is 0.00130. The summed E-state index contributed by atoms with van der Waals surface area (Å²) in [5.74, 6) is 0.993. The lowest BCUT2D eigenvalue weighted by atomic mass is 10.1. The van der Waals surface area contributed by atoms with Gasteiger partial charge in [-0.2, -0.15) is 0 Å². The van der Waals surface area contributed by atoms with Gasteiger partial charge in [0, 0.05) is 13.5 Å². The van der Waals surface area contributed by atoms with E-state index in [4.69, 9.17) is 4.98 Å². The molecule has 4 nitrogen and oxygen atoms in total. The van der Waals surface area contributed by atoms with Gasteiger partial charge in [-0.3, -0.25) is 4.79 Å². The number of fused-ring (bicyclic) bond motifs is 1. The van der Waals surface area contributed by atoms with Crippen molar-refractivity contribution in [3.63, 3.8) is 0 Å². The number of benzene rings is 1. The predicted octanol–water partition coefficient (Wildman–Crippen LogP) is 3.81. The maximum Gasteiger partial charge on any atom is 0.217 e. The number of carbonyl (C=O) groups is 1. The number of unbranched alkanes of at least 4 members (excludes halogenated alkanes) is 1. The third-order valence-electron chi connectivity index (χ3n) is 3.67. The summed E-state index contributed by atoms with van der Waals surface area (Å²) >= 11 is 0. The van der Waals surface area contributed by atoms with Gasteiger partial charge in [-0.25, -0.2) is 4.98 Å². The lowest BCUT2D eigenvalue weighted by Crippen LogP contribution is -2.28. The number of hydrogen-bond acceptors (Lipinski definition) is 2. The van der Waals surface area contributed by atoms with Gasteiger partial charge in [0.15, 0.2) is 0 Å². The van der Waals surface area contributed by atoms with Crippen molar-refractivity contribution >= 4 is 16.9 Å². The fourth-order valence-electron chi connectivity index (χ4n) is 2.74. The lowest BCUT2D eigenvalue weighted by molar-refractivity contribution is -0.119. The smallest absolute Gasteiger partial charge is 0.217 e. The van der Waals surface area contributed by atoms with Gasteiger partial charge < -0.3 is 9.88 Å². The van der Waals surface area contributed by atoms with Crippen LogP contribution in [0.15, 0.2) is 24.3 Å². The van der Waals surface area contributed by atoms with Crippen LogP contribution in [-0.4, -0.2) is 15.5 Å². The van der Waals surface area contributed by atoms with E-state index in [0.29, 0.717) is 0 Å². The summed E-state index contributed by atoms with van der Waals surface area (Å²) < 4.78 is 2.26. The Morgan fingerprint density at radius 1 is 1.29 bits per heavy atom. The Balaban J connectivity index is 2.44. The highest BCUT2D eigenvalue weighted by Gasteiger charge is 2.20. The highest BCUT2D eigenvalue weighted by molar-refractivity contribution is 5.77. The third-order valence-corrected chi connectivity index (χ3v) is 3.67. The number of carbonyl (C=O) groups excluding carboxylic acids is 1. The van der Waals surface area contributed by atoms with Crippen LogP contribution in [0, 0.1) is 0 Å². The van der Waals surface area contributed by atoms with Crippen molar-refractivity contribution in [2.24, 2.45) is 0 Å². The molecular weight excluding hydrogens is 262 g/mol. The molecule has 2 rings (SSSR count). The first-order valence-corrected chi connectivity index (χ1v) is 7.89. The first kappa shape index (κ1) is 15.5. The first-order valence-electron chi connectivity index (χ1n) is 7.89. The minimum absolute atomic E-state index is 0.00130. The zero-order valence-corrected chi connectivity index (χ0v) is 13.2. The van der Waals surface area contributed by atoms with Crippen molar-refractivity contribution in [1.29, 1.82) is 0 Å². The molecule has 1 aromatic heterocycles. The molecule has 0 saturated heterocycles. The van der Waals surface area contributed by atoms with Crippen molar-refractivity contribution in [2.45, 2.75) is 59.0 Å². The average Bonchev–Trinajstić information content (AvgIpc) is 2.82. The molecule has 0 radical (unpaired) electrons. The maximum atomic E-state index is 11.5. The molecule has 1 heterocycles. The molecule has 4 heteroatoms. The first-order chi connectivity index (χ1) is 10.2.